The molecule has 0 bridgehead atoms. The minimum atomic E-state index is -2.54. The Morgan fingerprint density at radius 3 is 2.03 bits per heavy atom. The molecule has 0 spiro atoms. The maximum Gasteiger partial charge on any atom is 0.261 e. The number of rotatable bonds is 9. The third-order valence-electron chi connectivity index (χ3n) is 6.83. The second kappa shape index (κ2) is 12.6. The van der Waals surface area contributed by atoms with Crippen molar-refractivity contribution in [2.75, 3.05) is 6.61 Å². The molecule has 1 aliphatic heterocycles. The predicted molar refractivity (Wildman–Crippen MR) is 166 cm³/mol. The van der Waals surface area contributed by atoms with E-state index in [9.17, 15) is 0 Å². The van der Waals surface area contributed by atoms with Crippen molar-refractivity contribution < 1.29 is 9.16 Å². The van der Waals surface area contributed by atoms with E-state index in [2.05, 4.69) is 159 Å². The monoisotopic (exact) mass is 612 g/mol. The van der Waals surface area contributed by atoms with Gasteiger partial charge in [-0.15, -0.1) is 0 Å². The van der Waals surface area contributed by atoms with Crippen LogP contribution < -0.4 is 10.4 Å². The van der Waals surface area contributed by atoms with Crippen molar-refractivity contribution in [3.05, 3.63) is 106 Å². The van der Waals surface area contributed by atoms with E-state index in [1.54, 1.807) is 0 Å². The van der Waals surface area contributed by atoms with E-state index >= 15 is 0 Å². The summed E-state index contributed by atoms with van der Waals surface area (Å²) in [5.74, 6) is 1.02. The van der Waals surface area contributed by atoms with Crippen molar-refractivity contribution in [1.29, 1.82) is 0 Å². The molecule has 0 fully saturated rings. The molecule has 2 aromatic rings. The Hall–Kier alpha value is -1.89. The standard InChI is InChI=1S/C32H41IO2Si/c1-7-8-16-27-23-26(25-33)24-30(35-27)32(5,6)21-15-22-34-36(31(2,3)4,28-17-11-9-12-18-28)29-19-13-10-14-20-29/h7-15,17-21,24-25,27H,16,22-23H2,1-6H3/b8-7+,21-15+,26-25+/t27-/m1/s1. The number of hydrogen-bond acceptors (Lipinski definition) is 2. The molecule has 1 aliphatic rings. The summed E-state index contributed by atoms with van der Waals surface area (Å²) in [7, 11) is -2.54. The summed E-state index contributed by atoms with van der Waals surface area (Å²) in [6.07, 6.45) is 13.0. The molecule has 2 nitrogen and oxygen atoms in total. The van der Waals surface area contributed by atoms with Gasteiger partial charge in [-0.25, -0.2) is 0 Å². The van der Waals surface area contributed by atoms with Crippen LogP contribution in [-0.2, 0) is 9.16 Å². The first-order valence-electron chi connectivity index (χ1n) is 12.9. The normalized spacial score (nSPS) is 18.6. The van der Waals surface area contributed by atoms with Gasteiger partial charge in [-0.3, -0.25) is 0 Å². The summed E-state index contributed by atoms with van der Waals surface area (Å²) in [6.45, 7) is 14.0. The van der Waals surface area contributed by atoms with Crippen LogP contribution in [0.1, 0.15) is 54.4 Å². The molecular weight excluding hydrogens is 571 g/mol. The molecule has 36 heavy (non-hydrogen) atoms. The lowest BCUT2D eigenvalue weighted by atomic mass is 9.87. The van der Waals surface area contributed by atoms with Gasteiger partial charge in [-0.1, -0.05) is 128 Å². The lowest BCUT2D eigenvalue weighted by molar-refractivity contribution is 0.0771. The summed E-state index contributed by atoms with van der Waals surface area (Å²) in [6, 6.07) is 21.6. The average Bonchev–Trinajstić information content (AvgIpc) is 2.87. The lowest BCUT2D eigenvalue weighted by Crippen LogP contribution is -2.66. The van der Waals surface area contributed by atoms with Crippen LogP contribution >= 0.6 is 22.6 Å². The maximum absolute atomic E-state index is 7.04. The van der Waals surface area contributed by atoms with Gasteiger partial charge in [0.15, 0.2) is 0 Å². The minimum Gasteiger partial charge on any atom is -0.493 e. The van der Waals surface area contributed by atoms with Gasteiger partial charge in [-0.2, -0.15) is 0 Å². The van der Waals surface area contributed by atoms with E-state index in [1.807, 2.05) is 0 Å². The summed E-state index contributed by atoms with van der Waals surface area (Å²) < 4.78 is 15.7. The molecule has 4 heteroatoms. The Bertz CT molecular complexity index is 1050. The Balaban J connectivity index is 1.87. The zero-order chi connectivity index (χ0) is 26.2. The number of halogens is 1. The summed E-state index contributed by atoms with van der Waals surface area (Å²) in [5.41, 5.74) is 1.10. The van der Waals surface area contributed by atoms with Crippen molar-refractivity contribution in [3.8, 4) is 0 Å². The van der Waals surface area contributed by atoms with E-state index in [-0.39, 0.29) is 16.6 Å². The first kappa shape index (κ1) is 28.7. The fourth-order valence-electron chi connectivity index (χ4n) is 4.94. The average molecular weight is 613 g/mol. The molecule has 3 rings (SSSR count). The van der Waals surface area contributed by atoms with Crippen molar-refractivity contribution >= 4 is 41.3 Å². The third-order valence-corrected chi connectivity index (χ3v) is 12.6. The molecule has 0 N–H and O–H groups in total. The van der Waals surface area contributed by atoms with E-state index in [1.165, 1.54) is 15.9 Å². The van der Waals surface area contributed by atoms with E-state index in [4.69, 9.17) is 9.16 Å². The number of allylic oxidation sites excluding steroid dienone is 3. The molecule has 0 radical (unpaired) electrons. The zero-order valence-corrected chi connectivity index (χ0v) is 25.8. The molecular formula is C32H41IO2Si. The van der Waals surface area contributed by atoms with Crippen molar-refractivity contribution in [1.82, 2.24) is 0 Å². The highest BCUT2D eigenvalue weighted by Gasteiger charge is 2.49. The van der Waals surface area contributed by atoms with Crippen LogP contribution in [-0.4, -0.2) is 21.0 Å². The first-order chi connectivity index (χ1) is 17.1. The molecule has 0 saturated heterocycles. The molecule has 0 amide bonds. The van der Waals surface area contributed by atoms with Crippen LogP contribution in [0.25, 0.3) is 0 Å². The Morgan fingerprint density at radius 1 is 0.944 bits per heavy atom. The van der Waals surface area contributed by atoms with E-state index in [0.29, 0.717) is 6.61 Å². The summed E-state index contributed by atoms with van der Waals surface area (Å²) in [4.78, 5) is 0. The van der Waals surface area contributed by atoms with Gasteiger partial charge in [0, 0.05) is 18.3 Å². The van der Waals surface area contributed by atoms with Crippen molar-refractivity contribution in [3.63, 3.8) is 0 Å². The largest absolute Gasteiger partial charge is 0.493 e. The molecule has 192 valence electrons. The first-order valence-corrected chi connectivity index (χ1v) is 16.0. The van der Waals surface area contributed by atoms with Crippen LogP contribution in [0, 0.1) is 5.41 Å². The number of benzene rings is 2. The molecule has 0 aliphatic carbocycles. The SMILES string of the molecule is C/C=C/C[C@@H]1C/C(=C\I)C=C(C(C)(C)/C=C/CO[Si](c2ccccc2)(c2ccccc2)C(C)(C)C)O1. The second-order valence-electron chi connectivity index (χ2n) is 11.0. The van der Waals surface area contributed by atoms with Crippen molar-refractivity contribution in [2.24, 2.45) is 5.41 Å². The number of ether oxygens (including phenoxy) is 1. The second-order valence-corrected chi connectivity index (χ2v) is 16.0. The van der Waals surface area contributed by atoms with Crippen LogP contribution in [0.4, 0.5) is 0 Å². The minimum absolute atomic E-state index is 0.0337. The highest BCUT2D eigenvalue weighted by molar-refractivity contribution is 14.1. The van der Waals surface area contributed by atoms with E-state index < -0.39 is 8.32 Å². The summed E-state index contributed by atoms with van der Waals surface area (Å²) in [5, 5.41) is 2.57. The van der Waals surface area contributed by atoms with Crippen LogP contribution in [0.5, 0.6) is 0 Å². The highest BCUT2D eigenvalue weighted by atomic mass is 127. The fraction of sp³-hybridized carbons (Fsp3) is 0.375. The van der Waals surface area contributed by atoms with Gasteiger partial charge in [0.25, 0.3) is 8.32 Å². The quantitative estimate of drug-likeness (QED) is 0.162. The van der Waals surface area contributed by atoms with Gasteiger partial charge in [0.05, 0.1) is 6.61 Å². The topological polar surface area (TPSA) is 18.5 Å². The van der Waals surface area contributed by atoms with Gasteiger partial charge in [-0.05, 0) is 51.9 Å². The highest BCUT2D eigenvalue weighted by Crippen LogP contribution is 2.38. The van der Waals surface area contributed by atoms with Gasteiger partial charge in [0.1, 0.15) is 11.9 Å². The van der Waals surface area contributed by atoms with Gasteiger partial charge < -0.3 is 9.16 Å². The molecule has 0 saturated carbocycles. The van der Waals surface area contributed by atoms with Crippen LogP contribution in [0.3, 0.4) is 0 Å². The van der Waals surface area contributed by atoms with Crippen LogP contribution in [0.15, 0.2) is 106 Å². The van der Waals surface area contributed by atoms with E-state index in [0.717, 1.165) is 18.6 Å². The summed E-state index contributed by atoms with van der Waals surface area (Å²) >= 11 is 2.34. The molecule has 1 atom stereocenters. The molecule has 1 heterocycles. The molecule has 2 aromatic carbocycles. The number of hydrogen-bond donors (Lipinski definition) is 0. The fourth-order valence-corrected chi connectivity index (χ4v) is 9.87. The van der Waals surface area contributed by atoms with Crippen molar-refractivity contribution in [2.45, 2.75) is 65.5 Å². The molecule has 0 aromatic heterocycles. The predicted octanol–water partition coefficient (Wildman–Crippen LogP) is 8.10. The smallest absolute Gasteiger partial charge is 0.261 e. The van der Waals surface area contributed by atoms with Crippen LogP contribution in [0.2, 0.25) is 5.04 Å². The van der Waals surface area contributed by atoms with Gasteiger partial charge in [0.2, 0.25) is 0 Å². The molecule has 0 unspecified atom stereocenters. The Kier molecular flexibility index (Phi) is 10.0. The zero-order valence-electron chi connectivity index (χ0n) is 22.6. The van der Waals surface area contributed by atoms with Gasteiger partial charge >= 0.3 is 0 Å². The lowest BCUT2D eigenvalue weighted by Gasteiger charge is -2.42. The Morgan fingerprint density at radius 2 is 1.53 bits per heavy atom. The Labute approximate surface area is 233 Å². The maximum atomic E-state index is 7.04. The third kappa shape index (κ3) is 6.70.